The minimum Gasteiger partial charge on any atom is -0.473 e. The molecule has 30 heavy (non-hydrogen) atoms. The lowest BCUT2D eigenvalue weighted by molar-refractivity contribution is -0.151. The van der Waals surface area contributed by atoms with Crippen LogP contribution in [0.15, 0.2) is 49.1 Å². The van der Waals surface area contributed by atoms with Crippen LogP contribution in [-0.2, 0) is 16.0 Å². The predicted molar refractivity (Wildman–Crippen MR) is 112 cm³/mol. The monoisotopic (exact) mass is 406 g/mol. The summed E-state index contributed by atoms with van der Waals surface area (Å²) in [7, 11) is 0. The van der Waals surface area contributed by atoms with Crippen molar-refractivity contribution >= 4 is 16.8 Å². The van der Waals surface area contributed by atoms with Gasteiger partial charge in [-0.3, -0.25) is 9.78 Å². The lowest BCUT2D eigenvalue weighted by Gasteiger charge is -2.45. The van der Waals surface area contributed by atoms with Gasteiger partial charge in [-0.1, -0.05) is 18.2 Å². The first kappa shape index (κ1) is 19.1. The van der Waals surface area contributed by atoms with E-state index in [9.17, 15) is 4.79 Å². The minimum atomic E-state index is -0.206. The summed E-state index contributed by atoms with van der Waals surface area (Å²) in [6, 6.07) is 8.11. The van der Waals surface area contributed by atoms with Crippen molar-refractivity contribution in [2.45, 2.75) is 43.8 Å². The van der Waals surface area contributed by atoms with Gasteiger partial charge in [-0.05, 0) is 24.5 Å². The van der Waals surface area contributed by atoms with E-state index in [2.05, 4.69) is 21.0 Å². The molecule has 0 bridgehead atoms. The molecule has 0 radical (unpaired) electrons. The Kier molecular flexibility index (Phi) is 5.12. The second kappa shape index (κ2) is 8.07. The molecule has 3 aromatic rings. The number of carbonyl (C=O) groups excluding carboxylic acids is 1. The fourth-order valence-corrected chi connectivity index (χ4v) is 4.67. The van der Waals surface area contributed by atoms with E-state index in [-0.39, 0.29) is 17.6 Å². The SMILES string of the molecule is O=C(Cc1c[nH]c2ccccc12)N1CCC2(CC1)CC(Oc1cnccn1)CCO2. The van der Waals surface area contributed by atoms with Crippen molar-refractivity contribution in [2.24, 2.45) is 0 Å². The average Bonchev–Trinajstić information content (AvgIpc) is 3.18. The van der Waals surface area contributed by atoms with Gasteiger partial charge in [0.05, 0.1) is 24.8 Å². The van der Waals surface area contributed by atoms with Crippen LogP contribution in [0.2, 0.25) is 0 Å². The van der Waals surface area contributed by atoms with Crippen LogP contribution in [0.25, 0.3) is 10.9 Å². The lowest BCUT2D eigenvalue weighted by Crippen LogP contribution is -2.52. The van der Waals surface area contributed by atoms with Crippen LogP contribution in [0.4, 0.5) is 0 Å². The van der Waals surface area contributed by atoms with Crippen LogP contribution < -0.4 is 4.74 Å². The highest BCUT2D eigenvalue weighted by atomic mass is 16.5. The molecule has 5 rings (SSSR count). The van der Waals surface area contributed by atoms with E-state index in [4.69, 9.17) is 9.47 Å². The fraction of sp³-hybridized carbons (Fsp3) is 0.435. The summed E-state index contributed by atoms with van der Waals surface area (Å²) in [6.07, 6.45) is 10.7. The van der Waals surface area contributed by atoms with Crippen LogP contribution in [0.3, 0.4) is 0 Å². The summed E-state index contributed by atoms with van der Waals surface area (Å²) in [6.45, 7) is 2.12. The fourth-order valence-electron chi connectivity index (χ4n) is 4.67. The number of amides is 1. The number of likely N-dealkylation sites (tertiary alicyclic amines) is 1. The van der Waals surface area contributed by atoms with Gasteiger partial charge in [0.15, 0.2) is 0 Å². The molecule has 2 saturated heterocycles. The van der Waals surface area contributed by atoms with E-state index >= 15 is 0 Å². The number of aromatic nitrogens is 3. The highest BCUT2D eigenvalue weighted by Crippen LogP contribution is 2.36. The van der Waals surface area contributed by atoms with Crippen molar-refractivity contribution < 1.29 is 14.3 Å². The van der Waals surface area contributed by atoms with Crippen LogP contribution in [0.5, 0.6) is 5.88 Å². The molecule has 1 aromatic carbocycles. The molecule has 7 nitrogen and oxygen atoms in total. The van der Waals surface area contributed by atoms with E-state index in [0.717, 1.165) is 55.2 Å². The largest absolute Gasteiger partial charge is 0.473 e. The average molecular weight is 406 g/mol. The first-order valence-electron chi connectivity index (χ1n) is 10.6. The Labute approximate surface area is 175 Å². The first-order chi connectivity index (χ1) is 14.7. The number of aromatic amines is 1. The number of para-hydroxylation sites is 1. The third-order valence-corrected chi connectivity index (χ3v) is 6.32. The number of rotatable bonds is 4. The standard InChI is InChI=1S/C23H26N4O3/c28-22(13-17-15-26-20-4-2-1-3-19(17)20)27-10-6-23(7-11-27)14-18(5-12-29-23)30-21-16-24-8-9-25-21/h1-4,8-9,15-16,18,26H,5-7,10-14H2. The zero-order valence-corrected chi connectivity index (χ0v) is 16.9. The zero-order chi connectivity index (χ0) is 20.4. The Bertz CT molecular complexity index is 1010. The highest BCUT2D eigenvalue weighted by Gasteiger charge is 2.42. The summed E-state index contributed by atoms with van der Waals surface area (Å²) in [5.74, 6) is 0.740. The molecular formula is C23H26N4O3. The number of ether oxygens (including phenoxy) is 2. The van der Waals surface area contributed by atoms with Gasteiger partial charge in [0.2, 0.25) is 11.8 Å². The van der Waals surface area contributed by atoms with Gasteiger partial charge in [0.1, 0.15) is 6.10 Å². The van der Waals surface area contributed by atoms with Crippen molar-refractivity contribution in [3.8, 4) is 5.88 Å². The Hall–Kier alpha value is -2.93. The maximum atomic E-state index is 12.9. The Morgan fingerprint density at radius 1 is 1.27 bits per heavy atom. The molecule has 0 saturated carbocycles. The molecule has 2 aromatic heterocycles. The molecule has 1 N–H and O–H groups in total. The van der Waals surface area contributed by atoms with Crippen molar-refractivity contribution in [2.75, 3.05) is 19.7 Å². The molecule has 2 aliphatic heterocycles. The quantitative estimate of drug-likeness (QED) is 0.720. The molecule has 0 aliphatic carbocycles. The third-order valence-electron chi connectivity index (χ3n) is 6.32. The summed E-state index contributed by atoms with van der Waals surface area (Å²) >= 11 is 0. The van der Waals surface area contributed by atoms with Gasteiger partial charge < -0.3 is 19.4 Å². The number of nitrogens with zero attached hydrogens (tertiary/aromatic N) is 3. The molecule has 7 heteroatoms. The zero-order valence-electron chi connectivity index (χ0n) is 16.9. The Morgan fingerprint density at radius 2 is 2.13 bits per heavy atom. The number of H-pyrrole nitrogens is 1. The molecular weight excluding hydrogens is 380 g/mol. The summed E-state index contributed by atoms with van der Waals surface area (Å²) in [4.78, 5) is 26.4. The second-order valence-electron chi connectivity index (χ2n) is 8.22. The minimum absolute atomic E-state index is 0.0731. The topological polar surface area (TPSA) is 80.3 Å². The predicted octanol–water partition coefficient (Wildman–Crippen LogP) is 3.12. The van der Waals surface area contributed by atoms with Crippen LogP contribution in [0, 0.1) is 0 Å². The summed E-state index contributed by atoms with van der Waals surface area (Å²) in [5.41, 5.74) is 1.92. The number of piperidine rings is 1. The van der Waals surface area contributed by atoms with Gasteiger partial charge in [0, 0.05) is 55.4 Å². The molecule has 1 unspecified atom stereocenters. The van der Waals surface area contributed by atoms with E-state index in [1.807, 2.05) is 29.3 Å². The van der Waals surface area contributed by atoms with E-state index in [1.54, 1.807) is 18.6 Å². The van der Waals surface area contributed by atoms with Crippen molar-refractivity contribution in [3.63, 3.8) is 0 Å². The molecule has 1 amide bonds. The second-order valence-corrected chi connectivity index (χ2v) is 8.22. The van der Waals surface area contributed by atoms with Gasteiger partial charge in [0.25, 0.3) is 0 Å². The number of carbonyl (C=O) groups is 1. The van der Waals surface area contributed by atoms with E-state index in [1.165, 1.54) is 0 Å². The van der Waals surface area contributed by atoms with Gasteiger partial charge >= 0.3 is 0 Å². The molecule has 1 spiro atoms. The number of fused-ring (bicyclic) bond motifs is 1. The third kappa shape index (κ3) is 3.89. The van der Waals surface area contributed by atoms with Crippen molar-refractivity contribution in [3.05, 3.63) is 54.6 Å². The number of benzene rings is 1. The number of hydrogen-bond acceptors (Lipinski definition) is 5. The van der Waals surface area contributed by atoms with Gasteiger partial charge in [-0.25, -0.2) is 4.98 Å². The molecule has 156 valence electrons. The maximum Gasteiger partial charge on any atom is 0.232 e. The number of hydrogen-bond donors (Lipinski definition) is 1. The molecule has 4 heterocycles. The van der Waals surface area contributed by atoms with E-state index in [0.29, 0.717) is 18.9 Å². The van der Waals surface area contributed by atoms with E-state index < -0.39 is 0 Å². The Balaban J connectivity index is 1.18. The normalized spacial score (nSPS) is 21.1. The lowest BCUT2D eigenvalue weighted by atomic mass is 9.83. The van der Waals surface area contributed by atoms with Gasteiger partial charge in [-0.15, -0.1) is 0 Å². The smallest absolute Gasteiger partial charge is 0.232 e. The Morgan fingerprint density at radius 3 is 2.97 bits per heavy atom. The first-order valence-corrected chi connectivity index (χ1v) is 10.6. The highest BCUT2D eigenvalue weighted by molar-refractivity contribution is 5.88. The molecule has 2 fully saturated rings. The maximum absolute atomic E-state index is 12.9. The molecule has 1 atom stereocenters. The summed E-state index contributed by atoms with van der Waals surface area (Å²) < 4.78 is 12.2. The number of nitrogens with one attached hydrogen (secondary N) is 1. The van der Waals surface area contributed by atoms with Gasteiger partial charge in [-0.2, -0.15) is 0 Å². The van der Waals surface area contributed by atoms with Crippen LogP contribution in [-0.4, -0.2) is 57.2 Å². The molecule has 2 aliphatic rings. The van der Waals surface area contributed by atoms with Crippen molar-refractivity contribution in [1.29, 1.82) is 0 Å². The summed E-state index contributed by atoms with van der Waals surface area (Å²) in [5, 5.41) is 1.12. The van der Waals surface area contributed by atoms with Crippen LogP contribution >= 0.6 is 0 Å². The van der Waals surface area contributed by atoms with Crippen molar-refractivity contribution in [1.82, 2.24) is 19.9 Å². The van der Waals surface area contributed by atoms with Crippen LogP contribution in [0.1, 0.15) is 31.2 Å².